The molecule has 5 heteroatoms. The molecule has 1 aliphatic rings. The number of benzene rings is 9. The Bertz CT molecular complexity index is 4040. The van der Waals surface area contributed by atoms with E-state index in [1.807, 2.05) is 6.07 Å². The summed E-state index contributed by atoms with van der Waals surface area (Å²) in [7, 11) is 0. The van der Waals surface area contributed by atoms with Crippen LogP contribution in [-0.2, 0) is 6.42 Å². The molecule has 5 nitrogen and oxygen atoms in total. The fraction of sp³-hybridized carbons (Fsp3) is 0.0656. The van der Waals surface area contributed by atoms with Gasteiger partial charge in [-0.05, 0) is 119 Å². The van der Waals surface area contributed by atoms with Crippen LogP contribution in [0.1, 0.15) is 41.9 Å². The van der Waals surface area contributed by atoms with Gasteiger partial charge in [0.25, 0.3) is 0 Å². The van der Waals surface area contributed by atoms with Gasteiger partial charge in [0, 0.05) is 49.4 Å². The second-order valence-electron chi connectivity index (χ2n) is 17.6. The van der Waals surface area contributed by atoms with Crippen molar-refractivity contribution in [2.45, 2.75) is 25.9 Å². The summed E-state index contributed by atoms with van der Waals surface area (Å²) in [6.45, 7) is 2.21. The van der Waals surface area contributed by atoms with Gasteiger partial charge in [0.15, 0.2) is 5.58 Å². The third-order valence-electron chi connectivity index (χ3n) is 13.7. The molecule has 12 aromatic rings. The zero-order valence-electron chi connectivity index (χ0n) is 36.4. The highest BCUT2D eigenvalue weighted by Crippen LogP contribution is 2.41. The van der Waals surface area contributed by atoms with Crippen LogP contribution in [-0.4, -0.2) is 14.8 Å². The third-order valence-corrected chi connectivity index (χ3v) is 13.7. The van der Waals surface area contributed by atoms with Gasteiger partial charge in [-0.2, -0.15) is 0 Å². The van der Waals surface area contributed by atoms with E-state index in [2.05, 4.69) is 216 Å². The van der Waals surface area contributed by atoms with Gasteiger partial charge >= 0.3 is 0 Å². The molecule has 0 spiro atoms. The topological polar surface area (TPSA) is 61.4 Å². The van der Waals surface area contributed by atoms with E-state index in [4.69, 9.17) is 15.1 Å². The molecule has 0 saturated heterocycles. The molecule has 13 rings (SSSR count). The number of nitrogens with two attached hydrogens (primary N) is 1. The van der Waals surface area contributed by atoms with Crippen molar-refractivity contribution in [2.75, 3.05) is 0 Å². The van der Waals surface area contributed by atoms with Gasteiger partial charge in [-0.3, -0.25) is 4.99 Å². The first-order valence-electron chi connectivity index (χ1n) is 22.8. The molecule has 314 valence electrons. The standard InChI is InChI=1S/C61H44N4O/c1-38(63-54(46-28-26-40-14-3-5-16-42(40)34-46)37-53(62)45-27-25-39-13-2-4-15-41(39)33-45)64-55-21-9-6-17-47(55)51-35-43(29-31-57(51)64)44-30-32-58-52(36-44)48-18-7-10-22-56(48)65(58)59-23-12-20-50-49-19-8-11-24-60(49)66-61(50)59/h2-8,10-20,22-38H,9,21,62H2,1H3/b53-37-,63-54?. The number of allylic oxidation sites excluding steroid dienone is 2. The summed E-state index contributed by atoms with van der Waals surface area (Å²) in [6, 6.07) is 67.2. The number of furan rings is 1. The number of nitrogens with zero attached hydrogens (tertiary/aromatic N) is 3. The van der Waals surface area contributed by atoms with E-state index in [0.29, 0.717) is 5.70 Å². The summed E-state index contributed by atoms with van der Waals surface area (Å²) in [6.07, 6.45) is 8.40. The molecule has 2 N–H and O–H groups in total. The zero-order chi connectivity index (χ0) is 43.9. The van der Waals surface area contributed by atoms with E-state index in [1.165, 1.54) is 60.2 Å². The average molecular weight is 849 g/mol. The van der Waals surface area contributed by atoms with Crippen LogP contribution in [0, 0.1) is 0 Å². The zero-order valence-corrected chi connectivity index (χ0v) is 36.4. The van der Waals surface area contributed by atoms with Crippen molar-refractivity contribution in [1.82, 2.24) is 9.13 Å². The Kier molecular flexibility index (Phi) is 8.72. The first kappa shape index (κ1) is 38.1. The molecule has 0 amide bonds. The van der Waals surface area contributed by atoms with Crippen LogP contribution < -0.4 is 5.73 Å². The maximum Gasteiger partial charge on any atom is 0.159 e. The van der Waals surface area contributed by atoms with Crippen LogP contribution in [0.2, 0.25) is 0 Å². The molecule has 1 unspecified atom stereocenters. The number of fused-ring (bicyclic) bond motifs is 11. The molecule has 0 aliphatic heterocycles. The predicted molar refractivity (Wildman–Crippen MR) is 278 cm³/mol. The SMILES string of the molecule is CC(N=C(/C=C(\N)c1ccc2ccccc2c1)c1ccc2ccccc2c1)n1c2c(c3cc(-c4ccc5c(c4)c4ccccc4n5-c4cccc5c4oc4ccccc45)ccc31)C=CCC2. The molecule has 3 aromatic heterocycles. The second-order valence-corrected chi connectivity index (χ2v) is 17.6. The van der Waals surface area contributed by atoms with Gasteiger partial charge in [-0.1, -0.05) is 146 Å². The lowest BCUT2D eigenvalue weighted by Gasteiger charge is -2.19. The average Bonchev–Trinajstić information content (AvgIpc) is 4.03. The first-order valence-corrected chi connectivity index (χ1v) is 22.8. The quantitative estimate of drug-likeness (QED) is 0.162. The van der Waals surface area contributed by atoms with Crippen molar-refractivity contribution in [3.63, 3.8) is 0 Å². The Balaban J connectivity index is 0.932. The van der Waals surface area contributed by atoms with Gasteiger partial charge in [0.2, 0.25) is 0 Å². The summed E-state index contributed by atoms with van der Waals surface area (Å²) >= 11 is 0. The summed E-state index contributed by atoms with van der Waals surface area (Å²) in [4.78, 5) is 5.57. The van der Waals surface area contributed by atoms with Crippen LogP contribution in [0.3, 0.4) is 0 Å². The molecule has 0 fully saturated rings. The Morgan fingerprint density at radius 3 is 2.02 bits per heavy atom. The summed E-state index contributed by atoms with van der Waals surface area (Å²) in [5.74, 6) is 0. The number of para-hydroxylation sites is 3. The normalized spacial score (nSPS) is 13.8. The monoisotopic (exact) mass is 848 g/mol. The fourth-order valence-electron chi connectivity index (χ4n) is 10.6. The van der Waals surface area contributed by atoms with Gasteiger partial charge in [-0.25, -0.2) is 0 Å². The highest BCUT2D eigenvalue weighted by molar-refractivity contribution is 6.15. The van der Waals surface area contributed by atoms with Crippen LogP contribution >= 0.6 is 0 Å². The summed E-state index contributed by atoms with van der Waals surface area (Å²) in [5.41, 5.74) is 21.8. The molecular weight excluding hydrogens is 805 g/mol. The molecule has 0 bridgehead atoms. The molecule has 3 heterocycles. The van der Waals surface area contributed by atoms with Crippen LogP contribution in [0.4, 0.5) is 0 Å². The van der Waals surface area contributed by atoms with Crippen molar-refractivity contribution < 1.29 is 4.42 Å². The van der Waals surface area contributed by atoms with Gasteiger partial charge in [0.1, 0.15) is 11.7 Å². The summed E-state index contributed by atoms with van der Waals surface area (Å²) in [5, 5.41) is 10.6. The maximum absolute atomic E-state index is 7.00. The lowest BCUT2D eigenvalue weighted by Crippen LogP contribution is -2.12. The molecule has 9 aromatic carbocycles. The highest BCUT2D eigenvalue weighted by Gasteiger charge is 2.23. The first-order chi connectivity index (χ1) is 32.5. The van der Waals surface area contributed by atoms with E-state index in [9.17, 15) is 0 Å². The number of rotatable bonds is 7. The maximum atomic E-state index is 7.00. The largest absolute Gasteiger partial charge is 0.454 e. The Hall–Kier alpha value is -8.41. The predicted octanol–water partition coefficient (Wildman–Crippen LogP) is 15.6. The van der Waals surface area contributed by atoms with Crippen molar-refractivity contribution in [3.8, 4) is 16.8 Å². The Morgan fingerprint density at radius 1 is 0.576 bits per heavy atom. The smallest absolute Gasteiger partial charge is 0.159 e. The van der Waals surface area contributed by atoms with Gasteiger partial charge < -0.3 is 19.3 Å². The Morgan fingerprint density at radius 2 is 1.21 bits per heavy atom. The van der Waals surface area contributed by atoms with Crippen molar-refractivity contribution >= 4 is 93.7 Å². The van der Waals surface area contributed by atoms with Crippen LogP contribution in [0.15, 0.2) is 210 Å². The molecule has 0 radical (unpaired) electrons. The van der Waals surface area contributed by atoms with Crippen LogP contribution in [0.5, 0.6) is 0 Å². The van der Waals surface area contributed by atoms with Crippen molar-refractivity contribution in [1.29, 1.82) is 0 Å². The van der Waals surface area contributed by atoms with E-state index in [-0.39, 0.29) is 6.17 Å². The van der Waals surface area contributed by atoms with E-state index in [0.717, 1.165) is 73.7 Å². The minimum Gasteiger partial charge on any atom is -0.454 e. The lowest BCUT2D eigenvalue weighted by molar-refractivity contribution is 0.569. The number of hydrogen-bond acceptors (Lipinski definition) is 3. The number of hydrogen-bond donors (Lipinski definition) is 1. The van der Waals surface area contributed by atoms with E-state index >= 15 is 0 Å². The number of aromatic nitrogens is 2. The molecule has 1 atom stereocenters. The number of aliphatic imine (C=N–C) groups is 1. The highest BCUT2D eigenvalue weighted by atomic mass is 16.3. The molecule has 66 heavy (non-hydrogen) atoms. The van der Waals surface area contributed by atoms with Crippen LogP contribution in [0.25, 0.3) is 105 Å². The molecule has 0 saturated carbocycles. The Labute approximate surface area is 381 Å². The van der Waals surface area contributed by atoms with Crippen molar-refractivity contribution in [2.24, 2.45) is 10.7 Å². The molecular formula is C61H44N4O. The summed E-state index contributed by atoms with van der Waals surface area (Å²) < 4.78 is 11.4. The van der Waals surface area contributed by atoms with Gasteiger partial charge in [0.05, 0.1) is 27.9 Å². The second kappa shape index (κ2) is 15.1. The molecule has 1 aliphatic carbocycles. The van der Waals surface area contributed by atoms with Crippen molar-refractivity contribution in [3.05, 3.63) is 223 Å². The third kappa shape index (κ3) is 6.12. The van der Waals surface area contributed by atoms with Gasteiger partial charge in [-0.15, -0.1) is 0 Å². The minimum absolute atomic E-state index is 0.214. The minimum atomic E-state index is -0.214. The van der Waals surface area contributed by atoms with E-state index in [1.54, 1.807) is 0 Å². The van der Waals surface area contributed by atoms with E-state index < -0.39 is 0 Å². The lowest BCUT2D eigenvalue weighted by atomic mass is 9.98. The fourth-order valence-corrected chi connectivity index (χ4v) is 10.6.